The lowest BCUT2D eigenvalue weighted by atomic mass is 9.82. The quantitative estimate of drug-likeness (QED) is 0.727. The van der Waals surface area contributed by atoms with E-state index in [0.717, 1.165) is 19.4 Å². The fourth-order valence-corrected chi connectivity index (χ4v) is 1.89. The molecule has 1 rings (SSSR count). The van der Waals surface area contributed by atoms with Crippen LogP contribution in [0, 0.1) is 11.3 Å². The topological polar surface area (TPSA) is 40.5 Å². The molecule has 14 heavy (non-hydrogen) atoms. The fourth-order valence-electron chi connectivity index (χ4n) is 1.89. The third-order valence-electron chi connectivity index (χ3n) is 2.73. The molecule has 0 aromatic rings. The molecule has 3 nitrogen and oxygen atoms in total. The van der Waals surface area contributed by atoms with E-state index in [9.17, 15) is 4.79 Å². The Bertz CT molecular complexity index is 214. The number of aliphatic hydroxyl groups excluding tert-OH is 1. The van der Waals surface area contributed by atoms with E-state index in [1.807, 2.05) is 27.8 Å². The maximum atomic E-state index is 11.8. The number of nitrogens with zero attached hydrogens (tertiary/aromatic N) is 1. The molecular weight excluding hydrogens is 178 g/mol. The minimum atomic E-state index is -0.295. The maximum Gasteiger partial charge on any atom is 0.227 e. The lowest BCUT2D eigenvalue weighted by Gasteiger charge is -2.36. The highest BCUT2D eigenvalue weighted by Crippen LogP contribution is 2.28. The minimum absolute atomic E-state index is 0.127. The van der Waals surface area contributed by atoms with Crippen LogP contribution in [0.3, 0.4) is 0 Å². The van der Waals surface area contributed by atoms with Gasteiger partial charge >= 0.3 is 0 Å². The highest BCUT2D eigenvalue weighted by molar-refractivity contribution is 5.81. The van der Waals surface area contributed by atoms with E-state index in [1.165, 1.54) is 0 Å². The van der Waals surface area contributed by atoms with Crippen molar-refractivity contribution < 1.29 is 9.90 Å². The van der Waals surface area contributed by atoms with Crippen LogP contribution in [0.4, 0.5) is 0 Å². The Hall–Kier alpha value is -0.570. The predicted octanol–water partition coefficient (Wildman–Crippen LogP) is 1.26. The molecule has 1 aliphatic rings. The molecule has 0 atom stereocenters. The molecule has 0 saturated heterocycles. The molecule has 0 heterocycles. The van der Waals surface area contributed by atoms with E-state index < -0.39 is 0 Å². The Labute approximate surface area is 86.1 Å². The van der Waals surface area contributed by atoms with Gasteiger partial charge in [0, 0.05) is 19.0 Å². The summed E-state index contributed by atoms with van der Waals surface area (Å²) in [6.45, 7) is 6.58. The molecule has 82 valence electrons. The smallest absolute Gasteiger partial charge is 0.227 e. The number of carbonyl (C=O) groups excluding carboxylic acids is 1. The van der Waals surface area contributed by atoms with Crippen molar-refractivity contribution in [3.63, 3.8) is 0 Å². The number of aliphatic hydroxyl groups is 1. The average Bonchev–Trinajstić information content (AvgIpc) is 1.98. The molecule has 0 aromatic heterocycles. The van der Waals surface area contributed by atoms with Crippen molar-refractivity contribution in [3.05, 3.63) is 0 Å². The van der Waals surface area contributed by atoms with Gasteiger partial charge in [-0.3, -0.25) is 4.79 Å². The van der Waals surface area contributed by atoms with Crippen LogP contribution >= 0.6 is 0 Å². The van der Waals surface area contributed by atoms with Crippen molar-refractivity contribution in [1.82, 2.24) is 4.90 Å². The highest BCUT2D eigenvalue weighted by atomic mass is 16.3. The molecule has 0 unspecified atom stereocenters. The van der Waals surface area contributed by atoms with E-state index in [1.54, 1.807) is 4.90 Å². The Balaban J connectivity index is 2.35. The molecule has 1 N–H and O–H groups in total. The second-order valence-corrected chi connectivity index (χ2v) is 5.43. The molecule has 3 heteroatoms. The Morgan fingerprint density at radius 2 is 1.93 bits per heavy atom. The van der Waals surface area contributed by atoms with Crippen molar-refractivity contribution in [2.45, 2.75) is 39.7 Å². The third kappa shape index (κ3) is 2.71. The molecule has 0 aliphatic heterocycles. The van der Waals surface area contributed by atoms with Crippen molar-refractivity contribution in [1.29, 1.82) is 0 Å². The normalized spacial score (nSPS) is 26.9. The Morgan fingerprint density at radius 1 is 1.43 bits per heavy atom. The lowest BCUT2D eigenvalue weighted by molar-refractivity contribution is -0.139. The number of amides is 1. The second-order valence-electron chi connectivity index (χ2n) is 5.43. The van der Waals surface area contributed by atoms with E-state index in [-0.39, 0.29) is 17.4 Å². The summed E-state index contributed by atoms with van der Waals surface area (Å²) in [6, 6.07) is 0. The van der Waals surface area contributed by atoms with Gasteiger partial charge in [-0.25, -0.2) is 0 Å². The van der Waals surface area contributed by atoms with Gasteiger partial charge in [-0.2, -0.15) is 0 Å². The van der Waals surface area contributed by atoms with Gasteiger partial charge in [0.05, 0.1) is 6.10 Å². The van der Waals surface area contributed by atoms with Gasteiger partial charge in [-0.1, -0.05) is 20.8 Å². The average molecular weight is 199 g/mol. The monoisotopic (exact) mass is 199 g/mol. The van der Waals surface area contributed by atoms with Crippen LogP contribution < -0.4 is 0 Å². The summed E-state index contributed by atoms with van der Waals surface area (Å²) >= 11 is 0. The first kappa shape index (κ1) is 11.5. The van der Waals surface area contributed by atoms with Crippen LogP contribution in [-0.2, 0) is 4.79 Å². The summed E-state index contributed by atoms with van der Waals surface area (Å²) in [5.41, 5.74) is -0.295. The molecule has 1 amide bonds. The first-order valence-corrected chi connectivity index (χ1v) is 5.24. The van der Waals surface area contributed by atoms with Crippen molar-refractivity contribution in [2.75, 3.05) is 13.6 Å². The van der Waals surface area contributed by atoms with E-state index in [4.69, 9.17) is 5.11 Å². The van der Waals surface area contributed by atoms with Crippen molar-refractivity contribution >= 4 is 5.91 Å². The number of rotatable bonds is 2. The molecule has 1 aliphatic carbocycles. The summed E-state index contributed by atoms with van der Waals surface area (Å²) in [5, 5.41) is 9.13. The first-order chi connectivity index (χ1) is 6.30. The van der Waals surface area contributed by atoms with Crippen LogP contribution in [0.5, 0.6) is 0 Å². The molecule has 0 spiro atoms. The van der Waals surface area contributed by atoms with Gasteiger partial charge in [-0.15, -0.1) is 0 Å². The standard InChI is InChI=1S/C11H21NO2/c1-11(2,3)10(14)12(4)7-8-5-9(13)6-8/h8-9,13H,5-7H2,1-4H3. The SMILES string of the molecule is CN(CC1CC(O)C1)C(=O)C(C)(C)C. The van der Waals surface area contributed by atoms with Crippen LogP contribution in [0.1, 0.15) is 33.6 Å². The Morgan fingerprint density at radius 3 is 2.29 bits per heavy atom. The van der Waals surface area contributed by atoms with Gasteiger partial charge in [0.2, 0.25) is 5.91 Å². The van der Waals surface area contributed by atoms with Gasteiger partial charge in [0.15, 0.2) is 0 Å². The summed E-state index contributed by atoms with van der Waals surface area (Å²) in [6.07, 6.45) is 1.57. The van der Waals surface area contributed by atoms with Crippen LogP contribution in [0.15, 0.2) is 0 Å². The van der Waals surface area contributed by atoms with Gasteiger partial charge in [0.1, 0.15) is 0 Å². The summed E-state index contributed by atoms with van der Waals surface area (Å²) < 4.78 is 0. The zero-order valence-electron chi connectivity index (χ0n) is 9.58. The zero-order chi connectivity index (χ0) is 10.9. The zero-order valence-corrected chi connectivity index (χ0v) is 9.58. The van der Waals surface area contributed by atoms with Gasteiger partial charge in [-0.05, 0) is 18.8 Å². The summed E-state index contributed by atoms with van der Waals surface area (Å²) in [7, 11) is 1.85. The van der Waals surface area contributed by atoms with E-state index in [0.29, 0.717) is 5.92 Å². The Kier molecular flexibility index (Phi) is 3.20. The molecule has 0 bridgehead atoms. The molecule has 1 fully saturated rings. The molecule has 1 saturated carbocycles. The van der Waals surface area contributed by atoms with Crippen molar-refractivity contribution in [2.24, 2.45) is 11.3 Å². The van der Waals surface area contributed by atoms with E-state index in [2.05, 4.69) is 0 Å². The van der Waals surface area contributed by atoms with E-state index >= 15 is 0 Å². The first-order valence-electron chi connectivity index (χ1n) is 5.24. The second kappa shape index (κ2) is 3.89. The molecule has 0 radical (unpaired) electrons. The minimum Gasteiger partial charge on any atom is -0.393 e. The van der Waals surface area contributed by atoms with Gasteiger partial charge in [0.25, 0.3) is 0 Å². The predicted molar refractivity (Wildman–Crippen MR) is 55.8 cm³/mol. The lowest BCUT2D eigenvalue weighted by Crippen LogP contribution is -2.43. The molecular formula is C11H21NO2. The summed E-state index contributed by atoms with van der Waals surface area (Å²) in [5.74, 6) is 0.681. The highest BCUT2D eigenvalue weighted by Gasteiger charge is 2.31. The van der Waals surface area contributed by atoms with Gasteiger partial charge < -0.3 is 10.0 Å². The number of hydrogen-bond acceptors (Lipinski definition) is 2. The van der Waals surface area contributed by atoms with Crippen LogP contribution in [0.2, 0.25) is 0 Å². The van der Waals surface area contributed by atoms with Crippen LogP contribution in [0.25, 0.3) is 0 Å². The molecule has 0 aromatic carbocycles. The largest absolute Gasteiger partial charge is 0.393 e. The fraction of sp³-hybridized carbons (Fsp3) is 0.909. The van der Waals surface area contributed by atoms with Crippen molar-refractivity contribution in [3.8, 4) is 0 Å². The number of carbonyl (C=O) groups is 1. The van der Waals surface area contributed by atoms with Crippen LogP contribution in [-0.4, -0.2) is 35.6 Å². The maximum absolute atomic E-state index is 11.8. The number of hydrogen-bond donors (Lipinski definition) is 1. The third-order valence-corrected chi connectivity index (χ3v) is 2.73. The summed E-state index contributed by atoms with van der Waals surface area (Å²) in [4.78, 5) is 13.6.